The van der Waals surface area contributed by atoms with Crippen molar-refractivity contribution in [3.63, 3.8) is 0 Å². The minimum absolute atomic E-state index is 0.387. The maximum Gasteiger partial charge on any atom is 0.129 e. The van der Waals surface area contributed by atoms with Gasteiger partial charge in [0.05, 0.1) is 19.3 Å². The zero-order chi connectivity index (χ0) is 13.3. The highest BCUT2D eigenvalue weighted by Crippen LogP contribution is 2.33. The van der Waals surface area contributed by atoms with Gasteiger partial charge in [0.2, 0.25) is 0 Å². The van der Waals surface area contributed by atoms with Crippen LogP contribution in [0.3, 0.4) is 0 Å². The lowest BCUT2D eigenvalue weighted by Crippen LogP contribution is -2.45. The first-order chi connectivity index (χ1) is 9.23. The monoisotopic (exact) mass is 256 g/mol. The molecule has 2 saturated heterocycles. The molecule has 3 rings (SSSR count). The first kappa shape index (κ1) is 12.7. The highest BCUT2D eigenvalue weighted by atomic mass is 16.5. The second-order valence-corrected chi connectivity index (χ2v) is 5.91. The molecule has 0 N–H and O–H groups in total. The van der Waals surface area contributed by atoms with Gasteiger partial charge in [-0.2, -0.15) is 5.26 Å². The molecule has 3 nitrogen and oxygen atoms in total. The molecule has 0 radical (unpaired) electrons. The Kier molecular flexibility index (Phi) is 3.30. The number of nitriles is 1. The van der Waals surface area contributed by atoms with Crippen LogP contribution in [0.1, 0.15) is 29.9 Å². The Labute approximate surface area is 114 Å². The van der Waals surface area contributed by atoms with Crippen molar-refractivity contribution in [1.82, 2.24) is 4.90 Å². The van der Waals surface area contributed by atoms with Crippen LogP contribution < -0.4 is 0 Å². The molecule has 3 heteroatoms. The van der Waals surface area contributed by atoms with Gasteiger partial charge >= 0.3 is 0 Å². The normalized spacial score (nSPS) is 26.4. The number of rotatable bonds is 2. The van der Waals surface area contributed by atoms with Gasteiger partial charge in [-0.05, 0) is 43.5 Å². The summed E-state index contributed by atoms with van der Waals surface area (Å²) < 4.78 is 5.21. The number of likely N-dealkylation sites (N-methyl/N-ethyl adjacent to an activating group) is 1. The Hall–Kier alpha value is -1.37. The van der Waals surface area contributed by atoms with Crippen LogP contribution in [0.15, 0.2) is 24.3 Å². The molecule has 100 valence electrons. The number of piperidine rings is 1. The number of benzene rings is 1. The zero-order valence-electron chi connectivity index (χ0n) is 11.4. The molecule has 2 aliphatic rings. The summed E-state index contributed by atoms with van der Waals surface area (Å²) in [5, 5.41) is 9.31. The summed E-state index contributed by atoms with van der Waals surface area (Å²) in [6.45, 7) is 3.43. The maximum absolute atomic E-state index is 9.31. The highest BCUT2D eigenvalue weighted by Gasteiger charge is 2.40. The van der Waals surface area contributed by atoms with Crippen molar-refractivity contribution < 1.29 is 4.74 Å². The summed E-state index contributed by atoms with van der Waals surface area (Å²) in [6, 6.07) is 11.1. The van der Waals surface area contributed by atoms with Gasteiger partial charge in [0.1, 0.15) is 5.41 Å². The lowest BCUT2D eigenvalue weighted by atomic mass is 9.79. The van der Waals surface area contributed by atoms with Gasteiger partial charge in [-0.15, -0.1) is 0 Å². The zero-order valence-corrected chi connectivity index (χ0v) is 11.4. The van der Waals surface area contributed by atoms with Crippen molar-refractivity contribution in [2.45, 2.75) is 24.2 Å². The molecule has 1 aromatic carbocycles. The topological polar surface area (TPSA) is 36.3 Å². The summed E-state index contributed by atoms with van der Waals surface area (Å²) in [7, 11) is 2.19. The van der Waals surface area contributed by atoms with Crippen molar-refractivity contribution in [3.8, 4) is 6.07 Å². The van der Waals surface area contributed by atoms with E-state index in [2.05, 4.69) is 42.3 Å². The van der Waals surface area contributed by atoms with Gasteiger partial charge in [0.15, 0.2) is 0 Å². The van der Waals surface area contributed by atoms with Crippen molar-refractivity contribution in [2.75, 3.05) is 33.4 Å². The summed E-state index contributed by atoms with van der Waals surface area (Å²) in [5.41, 5.74) is 2.12. The van der Waals surface area contributed by atoms with E-state index in [9.17, 15) is 5.26 Å². The maximum atomic E-state index is 9.31. The molecule has 0 saturated carbocycles. The van der Waals surface area contributed by atoms with Crippen LogP contribution in [0.2, 0.25) is 0 Å². The molecule has 0 aromatic heterocycles. The van der Waals surface area contributed by atoms with Gasteiger partial charge in [-0.25, -0.2) is 0 Å². The molecule has 0 amide bonds. The first-order valence-electron chi connectivity index (χ1n) is 7.01. The van der Waals surface area contributed by atoms with Crippen LogP contribution in [0.25, 0.3) is 0 Å². The van der Waals surface area contributed by atoms with Crippen molar-refractivity contribution in [3.05, 3.63) is 35.4 Å². The summed E-state index contributed by atoms with van der Waals surface area (Å²) in [5.74, 6) is 0.642. The van der Waals surface area contributed by atoms with Gasteiger partial charge in [0.25, 0.3) is 0 Å². The molecule has 1 aromatic rings. The van der Waals surface area contributed by atoms with Crippen molar-refractivity contribution >= 4 is 0 Å². The molecule has 2 fully saturated rings. The number of ether oxygens (including phenoxy) is 1. The molecule has 19 heavy (non-hydrogen) atoms. The smallest absolute Gasteiger partial charge is 0.129 e. The van der Waals surface area contributed by atoms with E-state index in [-0.39, 0.29) is 5.41 Å². The highest BCUT2D eigenvalue weighted by molar-refractivity contribution is 5.38. The number of likely N-dealkylation sites (tertiary alicyclic amines) is 1. The SMILES string of the molecule is CN1CCCC(c2ccc(C3(C#N)COC3)cc2)C1. The molecule has 0 aliphatic carbocycles. The predicted molar refractivity (Wildman–Crippen MR) is 74.0 cm³/mol. The Morgan fingerprint density at radius 3 is 2.58 bits per heavy atom. The minimum atomic E-state index is -0.387. The summed E-state index contributed by atoms with van der Waals surface area (Å²) in [6.07, 6.45) is 2.55. The molecule has 2 aliphatic heterocycles. The van der Waals surface area contributed by atoms with E-state index in [0.29, 0.717) is 19.1 Å². The van der Waals surface area contributed by atoms with Gasteiger partial charge in [-0.3, -0.25) is 0 Å². The van der Waals surface area contributed by atoms with Crippen LogP contribution in [-0.2, 0) is 10.2 Å². The van der Waals surface area contributed by atoms with E-state index in [4.69, 9.17) is 4.74 Å². The van der Waals surface area contributed by atoms with E-state index < -0.39 is 0 Å². The fraction of sp³-hybridized carbons (Fsp3) is 0.562. The molecular weight excluding hydrogens is 236 g/mol. The molecule has 2 heterocycles. The second kappa shape index (κ2) is 4.96. The van der Waals surface area contributed by atoms with Crippen LogP contribution in [0.5, 0.6) is 0 Å². The Bertz CT molecular complexity index is 484. The predicted octanol–water partition coefficient (Wildman–Crippen LogP) is 2.29. The Morgan fingerprint density at radius 2 is 2.05 bits per heavy atom. The third-order valence-corrected chi connectivity index (χ3v) is 4.47. The molecule has 0 bridgehead atoms. The standard InChI is InChI=1S/C16H20N2O/c1-18-8-2-3-14(9-18)13-4-6-15(7-5-13)16(10-17)11-19-12-16/h4-7,14H,2-3,8-9,11-12H2,1H3. The van der Waals surface area contributed by atoms with Crippen LogP contribution in [0.4, 0.5) is 0 Å². The van der Waals surface area contributed by atoms with Crippen molar-refractivity contribution in [2.24, 2.45) is 0 Å². The average molecular weight is 256 g/mol. The summed E-state index contributed by atoms with van der Waals surface area (Å²) in [4.78, 5) is 2.40. The Balaban J connectivity index is 1.77. The third kappa shape index (κ3) is 2.27. The largest absolute Gasteiger partial charge is 0.377 e. The van der Waals surface area contributed by atoms with Crippen LogP contribution in [0, 0.1) is 11.3 Å². The lowest BCUT2D eigenvalue weighted by molar-refractivity contribution is -0.0298. The lowest BCUT2D eigenvalue weighted by Gasteiger charge is -2.36. The van der Waals surface area contributed by atoms with E-state index in [1.165, 1.54) is 24.9 Å². The summed E-state index contributed by atoms with van der Waals surface area (Å²) >= 11 is 0. The van der Waals surface area contributed by atoms with E-state index in [1.807, 2.05) is 0 Å². The molecule has 1 atom stereocenters. The fourth-order valence-electron chi connectivity index (χ4n) is 3.11. The molecule has 1 unspecified atom stereocenters. The fourth-order valence-corrected chi connectivity index (χ4v) is 3.11. The van der Waals surface area contributed by atoms with Crippen LogP contribution >= 0.6 is 0 Å². The van der Waals surface area contributed by atoms with E-state index in [1.54, 1.807) is 0 Å². The van der Waals surface area contributed by atoms with Gasteiger partial charge in [-0.1, -0.05) is 24.3 Å². The van der Waals surface area contributed by atoms with Gasteiger partial charge in [0, 0.05) is 6.54 Å². The number of nitrogens with zero attached hydrogens (tertiary/aromatic N) is 2. The molecular formula is C16H20N2O. The van der Waals surface area contributed by atoms with Crippen LogP contribution in [-0.4, -0.2) is 38.3 Å². The quantitative estimate of drug-likeness (QED) is 0.814. The van der Waals surface area contributed by atoms with Crippen molar-refractivity contribution in [1.29, 1.82) is 5.26 Å². The minimum Gasteiger partial charge on any atom is -0.377 e. The van der Waals surface area contributed by atoms with E-state index in [0.717, 1.165) is 12.1 Å². The first-order valence-corrected chi connectivity index (χ1v) is 7.01. The number of hydrogen-bond donors (Lipinski definition) is 0. The van der Waals surface area contributed by atoms with E-state index >= 15 is 0 Å². The molecule has 0 spiro atoms. The third-order valence-electron chi connectivity index (χ3n) is 4.47. The average Bonchev–Trinajstić information content (AvgIpc) is 2.39. The Morgan fingerprint density at radius 1 is 1.32 bits per heavy atom. The second-order valence-electron chi connectivity index (χ2n) is 5.91. The van der Waals surface area contributed by atoms with Gasteiger partial charge < -0.3 is 9.64 Å². The number of hydrogen-bond acceptors (Lipinski definition) is 3.